The molecular weight excluding hydrogens is 280 g/mol. The second-order valence-corrected chi connectivity index (χ2v) is 5.29. The number of hydrogen-bond donors (Lipinski definition) is 0. The second-order valence-electron chi connectivity index (χ2n) is 3.54. The Kier molecular flexibility index (Phi) is 5.44. The minimum absolute atomic E-state index is 0.799. The van der Waals surface area contributed by atoms with Crippen LogP contribution < -0.4 is 9.47 Å². The molecule has 2 aromatic rings. The molecule has 0 fully saturated rings. The van der Waals surface area contributed by atoms with Gasteiger partial charge in [0.05, 0.1) is 24.0 Å². The molecule has 3 nitrogen and oxygen atoms in total. The van der Waals surface area contributed by atoms with Crippen LogP contribution in [0.5, 0.6) is 11.5 Å². The fraction of sp³-hybridized carbons (Fsp3) is 0.143. The van der Waals surface area contributed by atoms with E-state index in [1.54, 1.807) is 14.2 Å². The molecule has 0 amide bonds. The van der Waals surface area contributed by atoms with E-state index in [1.165, 1.54) is 24.1 Å². The Bertz CT molecular complexity index is 484. The molecule has 0 aliphatic carbocycles. The summed E-state index contributed by atoms with van der Waals surface area (Å²) < 4.78 is 16.1. The molecule has 0 aliphatic rings. The van der Waals surface area contributed by atoms with Crippen molar-refractivity contribution in [1.82, 2.24) is 0 Å². The van der Waals surface area contributed by atoms with Crippen molar-refractivity contribution in [2.75, 3.05) is 14.2 Å². The number of methoxy groups -OCH3 is 2. The predicted molar refractivity (Wildman–Crippen MR) is 78.8 cm³/mol. The van der Waals surface area contributed by atoms with Gasteiger partial charge in [0.2, 0.25) is 0 Å². The van der Waals surface area contributed by atoms with Crippen LogP contribution in [-0.4, -0.2) is 14.2 Å². The van der Waals surface area contributed by atoms with Gasteiger partial charge in [-0.25, -0.2) is 3.63 Å². The maximum Gasteiger partial charge on any atom is 0.134 e. The average molecular weight is 294 g/mol. The monoisotopic (exact) mass is 294 g/mol. The highest BCUT2D eigenvalue weighted by Crippen LogP contribution is 2.37. The van der Waals surface area contributed by atoms with Crippen molar-refractivity contribution in [2.24, 2.45) is 0 Å². The molecule has 0 unspecified atom stereocenters. The van der Waals surface area contributed by atoms with Gasteiger partial charge in [0.25, 0.3) is 0 Å². The van der Waals surface area contributed by atoms with Crippen molar-refractivity contribution in [1.29, 1.82) is 0 Å². The zero-order chi connectivity index (χ0) is 13.5. The third-order valence-electron chi connectivity index (χ3n) is 2.39. The first kappa shape index (κ1) is 14.1. The molecule has 2 rings (SSSR count). The highest BCUT2D eigenvalue weighted by Gasteiger charge is 2.06. The molecule has 0 heterocycles. The topological polar surface area (TPSA) is 27.7 Å². The van der Waals surface area contributed by atoms with Crippen LogP contribution in [-0.2, 0) is 3.63 Å². The first-order valence-electron chi connectivity index (χ1n) is 5.62. The number of para-hydroxylation sites is 2. The lowest BCUT2D eigenvalue weighted by molar-refractivity contribution is 0.403. The lowest BCUT2D eigenvalue weighted by atomic mass is 10.3. The highest BCUT2D eigenvalue weighted by atomic mass is 32.2. The molecule has 0 aromatic heterocycles. The normalized spacial score (nSPS) is 10.2. The Hall–Kier alpha value is -1.30. The van der Waals surface area contributed by atoms with Gasteiger partial charge in [-0.15, -0.1) is 0 Å². The van der Waals surface area contributed by atoms with Crippen molar-refractivity contribution in [3.8, 4) is 11.5 Å². The van der Waals surface area contributed by atoms with Crippen LogP contribution in [0.4, 0.5) is 0 Å². The fourth-order valence-electron chi connectivity index (χ4n) is 1.47. The molecule has 2 aromatic carbocycles. The van der Waals surface area contributed by atoms with Crippen molar-refractivity contribution >= 4 is 24.1 Å². The Morgan fingerprint density at radius 1 is 0.684 bits per heavy atom. The summed E-state index contributed by atoms with van der Waals surface area (Å²) in [4.78, 5) is 1.87. The van der Waals surface area contributed by atoms with Crippen LogP contribution in [0.15, 0.2) is 58.3 Å². The van der Waals surface area contributed by atoms with E-state index >= 15 is 0 Å². The zero-order valence-electron chi connectivity index (χ0n) is 10.7. The quantitative estimate of drug-likeness (QED) is 0.735. The van der Waals surface area contributed by atoms with Gasteiger partial charge in [-0.3, -0.25) is 0 Å². The number of hydrogen-bond acceptors (Lipinski definition) is 5. The molecule has 0 spiro atoms. The fourth-order valence-corrected chi connectivity index (χ4v) is 2.92. The van der Waals surface area contributed by atoms with Crippen LogP contribution in [0.2, 0.25) is 0 Å². The summed E-state index contributed by atoms with van der Waals surface area (Å²) in [5.74, 6) is 1.60. The third-order valence-corrected chi connectivity index (χ3v) is 3.96. The van der Waals surface area contributed by atoms with Crippen molar-refractivity contribution in [2.45, 2.75) is 9.79 Å². The van der Waals surface area contributed by atoms with E-state index in [1.807, 2.05) is 48.5 Å². The molecule has 19 heavy (non-hydrogen) atoms. The molecule has 0 saturated carbocycles. The highest BCUT2D eigenvalue weighted by molar-refractivity contribution is 8.08. The molecule has 5 heteroatoms. The Balaban J connectivity index is 1.96. The van der Waals surface area contributed by atoms with E-state index in [0.717, 1.165) is 21.3 Å². The summed E-state index contributed by atoms with van der Waals surface area (Å²) in [6.45, 7) is 0. The molecule has 100 valence electrons. The lowest BCUT2D eigenvalue weighted by Crippen LogP contribution is -1.86. The standard InChI is InChI=1S/C14H14O3S2/c1-15-11-7-3-5-9-13(11)18-17-19-14-10-6-4-8-12(14)16-2/h3-10H,1-2H3. The van der Waals surface area contributed by atoms with Crippen LogP contribution in [0.1, 0.15) is 0 Å². The average Bonchev–Trinajstić information content (AvgIpc) is 2.48. The smallest absolute Gasteiger partial charge is 0.134 e. The molecule has 0 radical (unpaired) electrons. The summed E-state index contributed by atoms with van der Waals surface area (Å²) in [6, 6.07) is 15.5. The summed E-state index contributed by atoms with van der Waals surface area (Å²) in [5, 5.41) is 0. The van der Waals surface area contributed by atoms with E-state index in [2.05, 4.69) is 0 Å². The lowest BCUT2D eigenvalue weighted by Gasteiger charge is -2.08. The molecule has 0 N–H and O–H groups in total. The third kappa shape index (κ3) is 3.83. The second kappa shape index (κ2) is 7.33. The number of benzene rings is 2. The summed E-state index contributed by atoms with van der Waals surface area (Å²) in [5.41, 5.74) is 0. The van der Waals surface area contributed by atoms with Crippen molar-refractivity contribution in [3.63, 3.8) is 0 Å². The molecule has 0 aliphatic heterocycles. The van der Waals surface area contributed by atoms with Crippen LogP contribution in [0, 0.1) is 0 Å². The van der Waals surface area contributed by atoms with Crippen molar-refractivity contribution < 1.29 is 13.1 Å². The van der Waals surface area contributed by atoms with Gasteiger partial charge >= 0.3 is 0 Å². The van der Waals surface area contributed by atoms with Gasteiger partial charge in [0.15, 0.2) is 0 Å². The SMILES string of the molecule is COc1ccccc1SOSc1ccccc1OC. The summed E-state index contributed by atoms with van der Waals surface area (Å²) in [6.07, 6.45) is 0. The zero-order valence-corrected chi connectivity index (χ0v) is 12.3. The first-order chi connectivity index (χ1) is 9.35. The molecule has 0 saturated heterocycles. The summed E-state index contributed by atoms with van der Waals surface area (Å²) in [7, 11) is 3.29. The van der Waals surface area contributed by atoms with E-state index < -0.39 is 0 Å². The van der Waals surface area contributed by atoms with E-state index in [4.69, 9.17) is 13.1 Å². The van der Waals surface area contributed by atoms with Gasteiger partial charge in [-0.2, -0.15) is 0 Å². The van der Waals surface area contributed by atoms with Gasteiger partial charge in [0, 0.05) is 24.1 Å². The van der Waals surface area contributed by atoms with Gasteiger partial charge in [-0.1, -0.05) is 24.3 Å². The van der Waals surface area contributed by atoms with E-state index in [9.17, 15) is 0 Å². The summed E-state index contributed by atoms with van der Waals surface area (Å²) >= 11 is 2.54. The minimum Gasteiger partial charge on any atom is -0.495 e. The van der Waals surface area contributed by atoms with Crippen LogP contribution in [0.25, 0.3) is 0 Å². The predicted octanol–water partition coefficient (Wildman–Crippen LogP) is 4.43. The Morgan fingerprint density at radius 2 is 1.11 bits per heavy atom. The van der Waals surface area contributed by atoms with E-state index in [-0.39, 0.29) is 0 Å². The minimum atomic E-state index is 0.799. The van der Waals surface area contributed by atoms with Gasteiger partial charge in [0.1, 0.15) is 11.5 Å². The molecule has 0 atom stereocenters. The maximum atomic E-state index is 5.56. The number of rotatable bonds is 6. The Morgan fingerprint density at radius 3 is 1.53 bits per heavy atom. The van der Waals surface area contributed by atoms with Crippen LogP contribution >= 0.6 is 24.1 Å². The van der Waals surface area contributed by atoms with Gasteiger partial charge < -0.3 is 9.47 Å². The molecule has 0 bridgehead atoms. The number of ether oxygens (including phenoxy) is 2. The van der Waals surface area contributed by atoms with Crippen LogP contribution in [0.3, 0.4) is 0 Å². The van der Waals surface area contributed by atoms with Crippen molar-refractivity contribution in [3.05, 3.63) is 48.5 Å². The maximum absolute atomic E-state index is 5.56. The Labute approximate surface area is 121 Å². The largest absolute Gasteiger partial charge is 0.495 e. The molecular formula is C14H14O3S2. The van der Waals surface area contributed by atoms with Gasteiger partial charge in [-0.05, 0) is 24.3 Å². The first-order valence-corrected chi connectivity index (χ1v) is 7.10. The van der Waals surface area contributed by atoms with E-state index in [0.29, 0.717) is 0 Å².